The quantitative estimate of drug-likeness (QED) is 0.137. The number of nitrogens with one attached hydrogen (secondary N) is 2. The van der Waals surface area contributed by atoms with E-state index in [9.17, 15) is 9.59 Å². The molecular formula is C48H54N8O2. The molecule has 2 aliphatic rings. The lowest BCUT2D eigenvalue weighted by molar-refractivity contribution is -0.138. The minimum atomic E-state index is -0.346. The van der Waals surface area contributed by atoms with Crippen LogP contribution in [0, 0.1) is 13.8 Å². The Morgan fingerprint density at radius 1 is 0.586 bits per heavy atom. The number of H-pyrrole nitrogens is 2. The number of likely N-dealkylation sites (tertiary alicyclic amines) is 2. The van der Waals surface area contributed by atoms with Crippen LogP contribution in [0.15, 0.2) is 109 Å². The van der Waals surface area contributed by atoms with Crippen LogP contribution in [0.2, 0.25) is 0 Å². The van der Waals surface area contributed by atoms with Crippen LogP contribution in [0.3, 0.4) is 0 Å². The fourth-order valence-corrected chi connectivity index (χ4v) is 9.03. The molecule has 6 aromatic rings. The molecule has 4 heterocycles. The van der Waals surface area contributed by atoms with Crippen molar-refractivity contribution in [2.45, 2.75) is 63.7 Å². The summed E-state index contributed by atoms with van der Waals surface area (Å²) in [7, 11) is 7.86. The molecule has 2 saturated heterocycles. The number of imidazole rings is 2. The Bertz CT molecular complexity index is 2180. The van der Waals surface area contributed by atoms with Gasteiger partial charge >= 0.3 is 0 Å². The van der Waals surface area contributed by atoms with Crippen molar-refractivity contribution < 1.29 is 9.59 Å². The Hall–Kier alpha value is -5.84. The summed E-state index contributed by atoms with van der Waals surface area (Å²) in [6.07, 6.45) is 3.65. The number of aromatic amines is 2. The number of carbonyl (C=O) groups excluding carboxylic acids is 2. The third-order valence-corrected chi connectivity index (χ3v) is 11.9. The lowest BCUT2D eigenvalue weighted by Crippen LogP contribution is -2.40. The smallest absolute Gasteiger partial charge is 0.245 e. The zero-order valence-electron chi connectivity index (χ0n) is 34.4. The zero-order valence-corrected chi connectivity index (χ0v) is 34.4. The molecule has 0 spiro atoms. The molecule has 2 aromatic heterocycles. The highest BCUT2D eigenvalue weighted by molar-refractivity contribution is 5.85. The summed E-state index contributed by atoms with van der Waals surface area (Å²) >= 11 is 0. The number of hydrogen-bond donors (Lipinski definition) is 2. The molecular weight excluding hydrogens is 721 g/mol. The van der Waals surface area contributed by atoms with Gasteiger partial charge in [0.15, 0.2) is 0 Å². The van der Waals surface area contributed by atoms with E-state index in [1.165, 1.54) is 0 Å². The minimum Gasteiger partial charge on any atom is -0.344 e. The van der Waals surface area contributed by atoms with Crippen LogP contribution in [-0.2, 0) is 9.59 Å². The van der Waals surface area contributed by atoms with E-state index in [-0.39, 0.29) is 36.0 Å². The summed E-state index contributed by atoms with van der Waals surface area (Å²) in [5, 5.41) is 0. The van der Waals surface area contributed by atoms with Gasteiger partial charge in [0, 0.05) is 24.3 Å². The Morgan fingerprint density at radius 2 is 1.02 bits per heavy atom. The van der Waals surface area contributed by atoms with Gasteiger partial charge in [-0.2, -0.15) is 0 Å². The van der Waals surface area contributed by atoms with Gasteiger partial charge in [-0.05, 0) is 95.5 Å². The van der Waals surface area contributed by atoms with Gasteiger partial charge in [-0.15, -0.1) is 0 Å². The summed E-state index contributed by atoms with van der Waals surface area (Å²) < 4.78 is 0. The lowest BCUT2D eigenvalue weighted by atomic mass is 10.0. The SMILES string of the molecule is Cc1nc([C@@H]2CCCN2C(=O)[C@@H](c2ccccc2)N(C)C)[nH]c1-c1ccc(-c2ccc(-c3nc([C@@H]4CCCN4C(=O)[C@@H](c4ccccc4)N(C)C)[nH]c3C)cc2)cc1. The second-order valence-electron chi connectivity index (χ2n) is 16.3. The summed E-state index contributed by atoms with van der Waals surface area (Å²) in [5.41, 5.74) is 10.1. The summed E-state index contributed by atoms with van der Waals surface area (Å²) in [4.78, 5) is 53.3. The Labute approximate surface area is 341 Å². The normalized spacial score (nSPS) is 18.0. The molecule has 0 saturated carbocycles. The van der Waals surface area contributed by atoms with E-state index in [4.69, 9.17) is 9.97 Å². The van der Waals surface area contributed by atoms with Crippen molar-refractivity contribution in [2.24, 2.45) is 0 Å². The fourth-order valence-electron chi connectivity index (χ4n) is 9.03. The molecule has 4 atom stereocenters. The Morgan fingerprint density at radius 3 is 1.48 bits per heavy atom. The van der Waals surface area contributed by atoms with Crippen LogP contribution in [0.5, 0.6) is 0 Å². The van der Waals surface area contributed by atoms with E-state index in [0.29, 0.717) is 0 Å². The summed E-state index contributed by atoms with van der Waals surface area (Å²) in [5.74, 6) is 1.91. The number of benzene rings is 4. The largest absolute Gasteiger partial charge is 0.344 e. The highest BCUT2D eigenvalue weighted by Gasteiger charge is 2.39. The van der Waals surface area contributed by atoms with Gasteiger partial charge in [0.2, 0.25) is 11.8 Å². The fraction of sp³-hybridized carbons (Fsp3) is 0.333. The number of amides is 2. The van der Waals surface area contributed by atoms with Crippen molar-refractivity contribution in [3.05, 3.63) is 143 Å². The molecule has 0 unspecified atom stereocenters. The molecule has 4 aromatic carbocycles. The van der Waals surface area contributed by atoms with E-state index >= 15 is 0 Å². The average Bonchev–Trinajstić information content (AvgIpc) is 4.06. The van der Waals surface area contributed by atoms with E-state index in [1.54, 1.807) is 0 Å². The molecule has 2 amide bonds. The first-order valence-corrected chi connectivity index (χ1v) is 20.5. The monoisotopic (exact) mass is 774 g/mol. The molecule has 10 nitrogen and oxygen atoms in total. The van der Waals surface area contributed by atoms with Crippen molar-refractivity contribution in [1.29, 1.82) is 0 Å². The van der Waals surface area contributed by atoms with Crippen LogP contribution in [0.1, 0.15) is 84.0 Å². The van der Waals surface area contributed by atoms with E-state index in [1.807, 2.05) is 115 Å². The number of aromatic nitrogens is 4. The van der Waals surface area contributed by atoms with Gasteiger partial charge in [0.05, 0.1) is 29.2 Å². The van der Waals surface area contributed by atoms with Crippen molar-refractivity contribution in [3.8, 4) is 33.6 Å². The van der Waals surface area contributed by atoms with Gasteiger partial charge in [-0.3, -0.25) is 19.4 Å². The first-order chi connectivity index (χ1) is 28.1. The van der Waals surface area contributed by atoms with Crippen LogP contribution < -0.4 is 0 Å². The number of carbonyl (C=O) groups is 2. The predicted octanol–water partition coefficient (Wildman–Crippen LogP) is 8.68. The van der Waals surface area contributed by atoms with Crippen molar-refractivity contribution in [1.82, 2.24) is 39.5 Å². The summed E-state index contributed by atoms with van der Waals surface area (Å²) in [6, 6.07) is 36.3. The molecule has 298 valence electrons. The lowest BCUT2D eigenvalue weighted by Gasteiger charge is -2.31. The highest BCUT2D eigenvalue weighted by atomic mass is 16.2. The second kappa shape index (κ2) is 16.6. The van der Waals surface area contributed by atoms with Crippen molar-refractivity contribution in [2.75, 3.05) is 41.3 Å². The molecule has 58 heavy (non-hydrogen) atoms. The Balaban J connectivity index is 0.962. The molecule has 0 bridgehead atoms. The first kappa shape index (κ1) is 39.0. The Kier molecular flexibility index (Phi) is 11.1. The van der Waals surface area contributed by atoms with Crippen molar-refractivity contribution >= 4 is 11.8 Å². The van der Waals surface area contributed by atoms with E-state index in [2.05, 4.69) is 65.4 Å². The highest BCUT2D eigenvalue weighted by Crippen LogP contribution is 2.38. The van der Waals surface area contributed by atoms with E-state index in [0.717, 1.165) is 107 Å². The number of hydrogen-bond acceptors (Lipinski definition) is 6. The van der Waals surface area contributed by atoms with Gasteiger partial charge in [-0.25, -0.2) is 9.97 Å². The molecule has 10 heteroatoms. The van der Waals surface area contributed by atoms with Crippen LogP contribution in [-0.4, -0.2) is 92.6 Å². The summed E-state index contributed by atoms with van der Waals surface area (Å²) in [6.45, 7) is 5.53. The standard InChI is InChI=1S/C48H54N8O2/c1-31-41(51-45(49-31)39-19-13-29-55(39)47(57)43(53(3)4)37-15-9-7-10-16-37)35-25-21-33(22-26-35)34-23-27-36(28-24-34)42-32(2)50-46(52-42)40-20-14-30-56(40)48(58)44(54(5)6)38-17-11-8-12-18-38/h7-12,15-18,21-28,39-40,43-44H,13-14,19-20,29-30H2,1-6H3,(H,49,51)(H,50,52)/t39-,40-,43+,44+/m0/s1. The molecule has 0 radical (unpaired) electrons. The first-order valence-electron chi connectivity index (χ1n) is 20.5. The predicted molar refractivity (Wildman–Crippen MR) is 230 cm³/mol. The zero-order chi connectivity index (χ0) is 40.5. The van der Waals surface area contributed by atoms with Crippen molar-refractivity contribution in [3.63, 3.8) is 0 Å². The maximum atomic E-state index is 14.0. The maximum absolute atomic E-state index is 14.0. The van der Waals surface area contributed by atoms with Gasteiger partial charge in [0.25, 0.3) is 0 Å². The van der Waals surface area contributed by atoms with Crippen LogP contribution in [0.25, 0.3) is 33.6 Å². The number of nitrogens with zero attached hydrogens (tertiary/aromatic N) is 6. The van der Waals surface area contributed by atoms with Gasteiger partial charge in [0.1, 0.15) is 23.7 Å². The van der Waals surface area contributed by atoms with Gasteiger partial charge < -0.3 is 19.8 Å². The maximum Gasteiger partial charge on any atom is 0.245 e. The molecule has 0 aliphatic carbocycles. The third-order valence-electron chi connectivity index (χ3n) is 11.9. The van der Waals surface area contributed by atoms with E-state index < -0.39 is 0 Å². The average molecular weight is 775 g/mol. The molecule has 2 aliphatic heterocycles. The molecule has 8 rings (SSSR count). The van der Waals surface area contributed by atoms with Crippen LogP contribution in [0.4, 0.5) is 0 Å². The topological polar surface area (TPSA) is 104 Å². The van der Waals surface area contributed by atoms with Crippen LogP contribution >= 0.6 is 0 Å². The molecule has 2 fully saturated rings. The number of aryl methyl sites for hydroxylation is 2. The second-order valence-corrected chi connectivity index (χ2v) is 16.3. The van der Waals surface area contributed by atoms with Gasteiger partial charge in [-0.1, -0.05) is 109 Å². The third kappa shape index (κ3) is 7.62. The molecule has 2 N–H and O–H groups in total. The number of likely N-dealkylation sites (N-methyl/N-ethyl adjacent to an activating group) is 2. The minimum absolute atomic E-state index is 0.0897. The number of rotatable bonds is 11.